The number of hydrogen-bond donors (Lipinski definition) is 1. The van der Waals surface area contributed by atoms with Crippen molar-refractivity contribution in [2.75, 3.05) is 5.33 Å². The highest BCUT2D eigenvalue weighted by molar-refractivity contribution is 14.1. The number of amides is 1. The summed E-state index contributed by atoms with van der Waals surface area (Å²) in [6.07, 6.45) is 0.906. The molecule has 1 rings (SSSR count). The smallest absolute Gasteiger partial charge is 0.252 e. The van der Waals surface area contributed by atoms with E-state index in [2.05, 4.69) is 43.8 Å². The maximum absolute atomic E-state index is 11.9. The Labute approximate surface area is 122 Å². The third kappa shape index (κ3) is 4.22. The topological polar surface area (TPSA) is 29.1 Å². The molecule has 2 nitrogen and oxygen atoms in total. The first kappa shape index (κ1) is 14.3. The second-order valence-corrected chi connectivity index (χ2v) is 5.87. The highest BCUT2D eigenvalue weighted by atomic mass is 127. The molecule has 1 aromatic rings. The maximum atomic E-state index is 11.9. The van der Waals surface area contributed by atoms with Crippen molar-refractivity contribution >= 4 is 56.0 Å². The van der Waals surface area contributed by atoms with Crippen LogP contribution in [-0.2, 0) is 0 Å². The molecular formula is C11H12BrClINO. The molecule has 1 atom stereocenters. The molecule has 1 N–H and O–H groups in total. The average molecular weight is 416 g/mol. The van der Waals surface area contributed by atoms with Gasteiger partial charge in [0, 0.05) is 20.0 Å². The van der Waals surface area contributed by atoms with E-state index in [1.54, 1.807) is 12.1 Å². The number of benzene rings is 1. The summed E-state index contributed by atoms with van der Waals surface area (Å²) in [5.74, 6) is -0.0691. The SMILES string of the molecule is CC(CCBr)NC(=O)c1cc(Cl)ccc1I. The summed E-state index contributed by atoms with van der Waals surface area (Å²) in [5.41, 5.74) is 0.634. The Balaban J connectivity index is 2.76. The van der Waals surface area contributed by atoms with E-state index in [4.69, 9.17) is 11.6 Å². The van der Waals surface area contributed by atoms with Crippen LogP contribution in [0.4, 0.5) is 0 Å². The van der Waals surface area contributed by atoms with Gasteiger partial charge in [0.1, 0.15) is 0 Å². The second-order valence-electron chi connectivity index (χ2n) is 3.48. The van der Waals surface area contributed by atoms with Crippen LogP contribution >= 0.6 is 50.1 Å². The molecule has 0 saturated carbocycles. The van der Waals surface area contributed by atoms with Gasteiger partial charge in [0.05, 0.1) is 5.56 Å². The normalized spacial score (nSPS) is 12.2. The third-order valence-electron chi connectivity index (χ3n) is 2.09. The molecular weight excluding hydrogens is 404 g/mol. The van der Waals surface area contributed by atoms with Gasteiger partial charge >= 0.3 is 0 Å². The molecule has 16 heavy (non-hydrogen) atoms. The Morgan fingerprint density at radius 2 is 2.31 bits per heavy atom. The summed E-state index contributed by atoms with van der Waals surface area (Å²) in [7, 11) is 0. The molecule has 0 radical (unpaired) electrons. The van der Waals surface area contributed by atoms with E-state index in [1.807, 2.05) is 13.0 Å². The van der Waals surface area contributed by atoms with Crippen molar-refractivity contribution in [2.24, 2.45) is 0 Å². The summed E-state index contributed by atoms with van der Waals surface area (Å²) in [6, 6.07) is 5.47. The monoisotopic (exact) mass is 415 g/mol. The Bertz CT molecular complexity index is 386. The summed E-state index contributed by atoms with van der Waals surface area (Å²) in [4.78, 5) is 11.9. The van der Waals surface area contributed by atoms with E-state index in [1.165, 1.54) is 0 Å². The number of nitrogens with one attached hydrogen (secondary N) is 1. The van der Waals surface area contributed by atoms with Crippen molar-refractivity contribution in [1.82, 2.24) is 5.32 Å². The molecule has 1 amide bonds. The van der Waals surface area contributed by atoms with Crippen LogP contribution in [0.2, 0.25) is 5.02 Å². The van der Waals surface area contributed by atoms with Crippen molar-refractivity contribution < 1.29 is 4.79 Å². The quantitative estimate of drug-likeness (QED) is 0.586. The standard InChI is InChI=1S/C11H12BrClINO/c1-7(4-5-12)15-11(16)9-6-8(13)2-3-10(9)14/h2-3,6-7H,4-5H2,1H3,(H,15,16). The molecule has 0 aromatic heterocycles. The van der Waals surface area contributed by atoms with Gasteiger partial charge in [0.2, 0.25) is 0 Å². The van der Waals surface area contributed by atoms with Gasteiger partial charge in [-0.05, 0) is 54.1 Å². The van der Waals surface area contributed by atoms with Crippen LogP contribution in [0.1, 0.15) is 23.7 Å². The lowest BCUT2D eigenvalue weighted by atomic mass is 10.2. The minimum absolute atomic E-state index is 0.0691. The van der Waals surface area contributed by atoms with Crippen molar-refractivity contribution in [3.05, 3.63) is 32.4 Å². The Morgan fingerprint density at radius 3 is 2.94 bits per heavy atom. The molecule has 0 fully saturated rings. The molecule has 0 aliphatic heterocycles. The molecule has 0 bridgehead atoms. The molecule has 1 unspecified atom stereocenters. The fourth-order valence-electron chi connectivity index (χ4n) is 1.21. The molecule has 88 valence electrons. The number of carbonyl (C=O) groups excluding carboxylic acids is 1. The van der Waals surface area contributed by atoms with Crippen molar-refractivity contribution in [3.63, 3.8) is 0 Å². The minimum atomic E-state index is -0.0691. The fourth-order valence-corrected chi connectivity index (χ4v) is 2.65. The van der Waals surface area contributed by atoms with Gasteiger partial charge in [0.25, 0.3) is 5.91 Å². The highest BCUT2D eigenvalue weighted by Crippen LogP contribution is 2.18. The zero-order valence-corrected chi connectivity index (χ0v) is 13.3. The zero-order chi connectivity index (χ0) is 12.1. The van der Waals surface area contributed by atoms with Crippen molar-refractivity contribution in [1.29, 1.82) is 0 Å². The van der Waals surface area contributed by atoms with Crippen LogP contribution in [-0.4, -0.2) is 17.3 Å². The van der Waals surface area contributed by atoms with Gasteiger partial charge in [-0.1, -0.05) is 27.5 Å². The third-order valence-corrected chi connectivity index (χ3v) is 3.73. The van der Waals surface area contributed by atoms with Crippen LogP contribution in [0.5, 0.6) is 0 Å². The van der Waals surface area contributed by atoms with Gasteiger partial charge in [-0.15, -0.1) is 0 Å². The first-order valence-electron chi connectivity index (χ1n) is 4.86. The van der Waals surface area contributed by atoms with Gasteiger partial charge in [-0.25, -0.2) is 0 Å². The molecule has 0 aliphatic rings. The van der Waals surface area contributed by atoms with Crippen LogP contribution in [0.15, 0.2) is 18.2 Å². The van der Waals surface area contributed by atoms with Gasteiger partial charge in [-0.3, -0.25) is 4.79 Å². The van der Waals surface area contributed by atoms with Crippen LogP contribution in [0, 0.1) is 3.57 Å². The van der Waals surface area contributed by atoms with E-state index in [0.717, 1.165) is 15.3 Å². The largest absolute Gasteiger partial charge is 0.350 e. The first-order valence-corrected chi connectivity index (χ1v) is 7.44. The lowest BCUT2D eigenvalue weighted by Crippen LogP contribution is -2.33. The number of rotatable bonds is 4. The van der Waals surface area contributed by atoms with Crippen LogP contribution in [0.3, 0.4) is 0 Å². The second kappa shape index (κ2) is 6.81. The van der Waals surface area contributed by atoms with E-state index in [-0.39, 0.29) is 11.9 Å². The molecule has 0 heterocycles. The summed E-state index contributed by atoms with van der Waals surface area (Å²) in [6.45, 7) is 1.98. The average Bonchev–Trinajstić information content (AvgIpc) is 2.21. The lowest BCUT2D eigenvalue weighted by Gasteiger charge is -2.13. The molecule has 1 aromatic carbocycles. The zero-order valence-electron chi connectivity index (χ0n) is 8.77. The summed E-state index contributed by atoms with van der Waals surface area (Å²) in [5, 5.41) is 4.39. The number of hydrogen-bond acceptors (Lipinski definition) is 1. The maximum Gasteiger partial charge on any atom is 0.252 e. The van der Waals surface area contributed by atoms with E-state index >= 15 is 0 Å². The highest BCUT2D eigenvalue weighted by Gasteiger charge is 2.12. The van der Waals surface area contributed by atoms with Gasteiger partial charge in [-0.2, -0.15) is 0 Å². The Kier molecular flexibility index (Phi) is 6.07. The van der Waals surface area contributed by atoms with Crippen molar-refractivity contribution in [3.8, 4) is 0 Å². The number of halogens is 3. The van der Waals surface area contributed by atoms with Gasteiger partial charge in [0.15, 0.2) is 0 Å². The van der Waals surface area contributed by atoms with E-state index in [0.29, 0.717) is 10.6 Å². The van der Waals surface area contributed by atoms with Crippen LogP contribution in [0.25, 0.3) is 0 Å². The van der Waals surface area contributed by atoms with Crippen molar-refractivity contribution in [2.45, 2.75) is 19.4 Å². The van der Waals surface area contributed by atoms with E-state index < -0.39 is 0 Å². The predicted molar refractivity (Wildman–Crippen MR) is 79.5 cm³/mol. The van der Waals surface area contributed by atoms with Gasteiger partial charge < -0.3 is 5.32 Å². The number of alkyl halides is 1. The summed E-state index contributed by atoms with van der Waals surface area (Å²) < 4.78 is 0.908. The molecule has 0 aliphatic carbocycles. The summed E-state index contributed by atoms with van der Waals surface area (Å²) >= 11 is 11.3. The van der Waals surface area contributed by atoms with E-state index in [9.17, 15) is 4.79 Å². The van der Waals surface area contributed by atoms with Crippen LogP contribution < -0.4 is 5.32 Å². The number of carbonyl (C=O) groups is 1. The minimum Gasteiger partial charge on any atom is -0.350 e. The predicted octanol–water partition coefficient (Wildman–Crippen LogP) is 3.85. The molecule has 0 spiro atoms. The fraction of sp³-hybridized carbons (Fsp3) is 0.364. The molecule has 0 saturated heterocycles. The first-order chi connectivity index (χ1) is 7.54. The Hall–Kier alpha value is 0.190. The molecule has 5 heteroatoms. The lowest BCUT2D eigenvalue weighted by molar-refractivity contribution is 0.0938. The Morgan fingerprint density at radius 1 is 1.62 bits per heavy atom.